The summed E-state index contributed by atoms with van der Waals surface area (Å²) in [6, 6.07) is 0.737. The van der Waals surface area contributed by atoms with Crippen molar-refractivity contribution in [3.8, 4) is 0 Å². The van der Waals surface area contributed by atoms with Gasteiger partial charge in [-0.1, -0.05) is 0 Å². The molecule has 9 heteroatoms. The van der Waals surface area contributed by atoms with E-state index < -0.39 is 29.9 Å². The smallest absolute Gasteiger partial charge is 0.394 e. The Hall–Kier alpha value is -0.570. The van der Waals surface area contributed by atoms with Gasteiger partial charge in [0, 0.05) is 11.8 Å². The molecule has 0 aliphatic heterocycles. The first-order valence-electron chi connectivity index (χ1n) is 4.36. The zero-order chi connectivity index (χ0) is 13.1. The molecule has 0 bridgehead atoms. The van der Waals surface area contributed by atoms with Crippen molar-refractivity contribution in [1.29, 1.82) is 0 Å². The lowest BCUT2D eigenvalue weighted by atomic mass is 10.4. The van der Waals surface area contributed by atoms with Gasteiger partial charge in [-0.2, -0.15) is 13.2 Å². The quantitative estimate of drug-likeness (QED) is 0.500. The molecule has 4 nitrogen and oxygen atoms in total. The Morgan fingerprint density at radius 3 is 2.59 bits per heavy atom. The number of alkyl halides is 3. The van der Waals surface area contributed by atoms with Crippen LogP contribution in [0.2, 0.25) is 5.28 Å². The van der Waals surface area contributed by atoms with Gasteiger partial charge >= 0.3 is 6.18 Å². The highest BCUT2D eigenvalue weighted by atomic mass is 35.5. The molecule has 17 heavy (non-hydrogen) atoms. The van der Waals surface area contributed by atoms with Gasteiger partial charge in [-0.05, 0) is 11.6 Å². The van der Waals surface area contributed by atoms with E-state index in [1.807, 2.05) is 0 Å². The minimum atomic E-state index is -4.60. The number of aromatic nitrogens is 2. The minimum absolute atomic E-state index is 0.00942. The van der Waals surface area contributed by atoms with E-state index in [9.17, 15) is 13.2 Å². The molecule has 0 aliphatic rings. The van der Waals surface area contributed by atoms with Crippen LogP contribution in [0.5, 0.6) is 0 Å². The van der Waals surface area contributed by atoms with Gasteiger partial charge in [-0.15, -0.1) is 11.8 Å². The molecule has 0 fully saturated rings. The summed E-state index contributed by atoms with van der Waals surface area (Å²) in [5.74, 6) is 0.0150. The number of hydrogen-bond donors (Lipinski definition) is 2. The van der Waals surface area contributed by atoms with Crippen LogP contribution in [0.3, 0.4) is 0 Å². The Kier molecular flexibility index (Phi) is 4.99. The SMILES string of the molecule is OCC(O)CSc1cc(C(F)(F)F)nc(Cl)n1. The van der Waals surface area contributed by atoms with Crippen molar-refractivity contribution in [1.82, 2.24) is 9.97 Å². The molecule has 0 radical (unpaired) electrons. The normalized spacial score (nSPS) is 13.8. The number of nitrogens with zero attached hydrogens (tertiary/aromatic N) is 2. The second-order valence-electron chi connectivity index (χ2n) is 3.01. The van der Waals surface area contributed by atoms with Crippen molar-refractivity contribution in [3.63, 3.8) is 0 Å². The fraction of sp³-hybridized carbons (Fsp3) is 0.500. The highest BCUT2D eigenvalue weighted by Crippen LogP contribution is 2.30. The van der Waals surface area contributed by atoms with Gasteiger partial charge < -0.3 is 10.2 Å². The van der Waals surface area contributed by atoms with E-state index in [2.05, 4.69) is 9.97 Å². The Balaban J connectivity index is 2.83. The molecular weight excluding hydrogens is 281 g/mol. The molecule has 1 atom stereocenters. The summed E-state index contributed by atoms with van der Waals surface area (Å²) in [6.07, 6.45) is -5.62. The van der Waals surface area contributed by atoms with E-state index in [1.54, 1.807) is 0 Å². The van der Waals surface area contributed by atoms with Crippen LogP contribution >= 0.6 is 23.4 Å². The fourth-order valence-electron chi connectivity index (χ4n) is 0.850. The van der Waals surface area contributed by atoms with E-state index in [-0.39, 0.29) is 10.8 Å². The summed E-state index contributed by atoms with van der Waals surface area (Å²) in [4.78, 5) is 6.63. The third-order valence-corrected chi connectivity index (χ3v) is 2.83. The predicted molar refractivity (Wildman–Crippen MR) is 55.9 cm³/mol. The molecule has 0 aromatic carbocycles. The van der Waals surface area contributed by atoms with Crippen LogP contribution in [0.25, 0.3) is 0 Å². The summed E-state index contributed by atoms with van der Waals surface area (Å²) >= 11 is 6.21. The van der Waals surface area contributed by atoms with Gasteiger partial charge in [0.1, 0.15) is 5.03 Å². The molecule has 96 valence electrons. The topological polar surface area (TPSA) is 66.2 Å². The molecule has 1 aromatic heterocycles. The third-order valence-electron chi connectivity index (χ3n) is 1.60. The first-order valence-corrected chi connectivity index (χ1v) is 5.72. The molecule has 1 rings (SSSR count). The average molecular weight is 289 g/mol. The monoisotopic (exact) mass is 288 g/mol. The van der Waals surface area contributed by atoms with E-state index in [0.29, 0.717) is 0 Å². The highest BCUT2D eigenvalue weighted by molar-refractivity contribution is 7.99. The average Bonchev–Trinajstić information content (AvgIpc) is 2.24. The zero-order valence-electron chi connectivity index (χ0n) is 8.28. The number of thioether (sulfide) groups is 1. The zero-order valence-corrected chi connectivity index (χ0v) is 9.85. The van der Waals surface area contributed by atoms with Gasteiger partial charge in [-0.3, -0.25) is 0 Å². The first-order chi connectivity index (χ1) is 7.82. The van der Waals surface area contributed by atoms with E-state index >= 15 is 0 Å². The molecule has 0 spiro atoms. The van der Waals surface area contributed by atoms with Crippen LogP contribution in [-0.2, 0) is 6.18 Å². The molecule has 1 unspecified atom stereocenters. The highest BCUT2D eigenvalue weighted by Gasteiger charge is 2.33. The van der Waals surface area contributed by atoms with Crippen LogP contribution in [0.4, 0.5) is 13.2 Å². The summed E-state index contributed by atoms with van der Waals surface area (Å²) in [6.45, 7) is -0.474. The summed E-state index contributed by atoms with van der Waals surface area (Å²) < 4.78 is 37.1. The van der Waals surface area contributed by atoms with Crippen LogP contribution in [0, 0.1) is 0 Å². The molecule has 2 N–H and O–H groups in total. The molecule has 0 saturated heterocycles. The number of rotatable bonds is 4. The van der Waals surface area contributed by atoms with Crippen LogP contribution < -0.4 is 0 Å². The first kappa shape index (κ1) is 14.5. The number of hydrogen-bond acceptors (Lipinski definition) is 5. The molecule has 0 aliphatic carbocycles. The number of halogens is 4. The van der Waals surface area contributed by atoms with Crippen molar-refractivity contribution >= 4 is 23.4 Å². The summed E-state index contributed by atoms with van der Waals surface area (Å²) in [5, 5.41) is 17.1. The molecule has 0 amide bonds. The summed E-state index contributed by atoms with van der Waals surface area (Å²) in [5.41, 5.74) is -1.14. The van der Waals surface area contributed by atoms with E-state index in [1.165, 1.54) is 0 Å². The molecule has 1 heterocycles. The van der Waals surface area contributed by atoms with Gasteiger partial charge in [0.25, 0.3) is 0 Å². The molecular formula is C8H8ClF3N2O2S. The lowest BCUT2D eigenvalue weighted by molar-refractivity contribution is -0.141. The van der Waals surface area contributed by atoms with Crippen molar-refractivity contribution in [2.24, 2.45) is 0 Å². The van der Waals surface area contributed by atoms with Crippen molar-refractivity contribution in [2.75, 3.05) is 12.4 Å². The van der Waals surface area contributed by atoms with Crippen LogP contribution in [-0.4, -0.2) is 38.6 Å². The van der Waals surface area contributed by atoms with Gasteiger partial charge in [0.05, 0.1) is 12.7 Å². The Labute approximate surface area is 104 Å². The standard InChI is InChI=1S/C8H8ClF3N2O2S/c9-7-13-5(8(10,11)12)1-6(14-7)17-3-4(16)2-15/h1,4,15-16H,2-3H2. The lowest BCUT2D eigenvalue weighted by Crippen LogP contribution is -2.15. The molecule has 0 saturated carbocycles. The van der Waals surface area contributed by atoms with E-state index in [4.69, 9.17) is 21.8 Å². The van der Waals surface area contributed by atoms with E-state index in [0.717, 1.165) is 17.8 Å². The third kappa shape index (κ3) is 4.66. The van der Waals surface area contributed by atoms with Crippen LogP contribution in [0.15, 0.2) is 11.1 Å². The predicted octanol–water partition coefficient (Wildman–Crippen LogP) is 1.59. The van der Waals surface area contributed by atoms with Gasteiger partial charge in [0.2, 0.25) is 5.28 Å². The van der Waals surface area contributed by atoms with Gasteiger partial charge in [-0.25, -0.2) is 9.97 Å². The maximum atomic E-state index is 12.4. The number of aliphatic hydroxyl groups is 2. The Morgan fingerprint density at radius 2 is 2.06 bits per heavy atom. The fourth-order valence-corrected chi connectivity index (χ4v) is 1.90. The summed E-state index contributed by atoms with van der Waals surface area (Å²) in [7, 11) is 0. The largest absolute Gasteiger partial charge is 0.433 e. The van der Waals surface area contributed by atoms with Gasteiger partial charge in [0.15, 0.2) is 5.69 Å². The van der Waals surface area contributed by atoms with Crippen molar-refractivity contribution in [2.45, 2.75) is 17.3 Å². The molecule has 1 aromatic rings. The second-order valence-corrected chi connectivity index (χ2v) is 4.38. The van der Waals surface area contributed by atoms with Crippen molar-refractivity contribution < 1.29 is 23.4 Å². The Morgan fingerprint density at radius 1 is 1.41 bits per heavy atom. The Bertz CT molecular complexity index is 392. The lowest BCUT2D eigenvalue weighted by Gasteiger charge is -2.09. The maximum absolute atomic E-state index is 12.4. The number of aliphatic hydroxyl groups excluding tert-OH is 2. The second kappa shape index (κ2) is 5.85. The van der Waals surface area contributed by atoms with Crippen LogP contribution in [0.1, 0.15) is 5.69 Å². The maximum Gasteiger partial charge on any atom is 0.433 e. The van der Waals surface area contributed by atoms with Crippen molar-refractivity contribution in [3.05, 3.63) is 17.0 Å². The minimum Gasteiger partial charge on any atom is -0.394 e.